The molecule has 1 heterocycles. The zero-order valence-electron chi connectivity index (χ0n) is 17.6. The number of carbonyl (C=O) groups is 1. The van der Waals surface area contributed by atoms with Crippen molar-refractivity contribution in [3.63, 3.8) is 0 Å². The summed E-state index contributed by atoms with van der Waals surface area (Å²) in [6, 6.07) is 20.7. The number of primary amides is 1. The van der Waals surface area contributed by atoms with Gasteiger partial charge in [0.25, 0.3) is 5.56 Å². The highest BCUT2D eigenvalue weighted by Crippen LogP contribution is 2.23. The van der Waals surface area contributed by atoms with Crippen molar-refractivity contribution >= 4 is 6.03 Å². The maximum Gasteiger partial charge on any atom is 0.312 e. The summed E-state index contributed by atoms with van der Waals surface area (Å²) >= 11 is 0. The second-order valence-electron chi connectivity index (χ2n) is 7.42. The van der Waals surface area contributed by atoms with E-state index in [1.165, 1.54) is 0 Å². The summed E-state index contributed by atoms with van der Waals surface area (Å²) in [4.78, 5) is 24.1. The number of carbonyl (C=O) groups excluding carboxylic acids is 1. The second kappa shape index (κ2) is 10.3. The van der Waals surface area contributed by atoms with E-state index in [0.717, 1.165) is 41.6 Å². The SMILES string of the molecule is CCCCc1ccc(CNC(N)=O)c(=O)n1Cc1ccc(-c2ccccc2C#N)cc1. The number of aromatic nitrogens is 1. The van der Waals surface area contributed by atoms with Gasteiger partial charge >= 0.3 is 6.03 Å². The standard InChI is InChI=1S/C25H26N4O2/c1-2-3-7-22-14-13-21(16-28-25(27)31)24(30)29(22)17-18-9-11-19(12-10-18)23-8-5-4-6-20(23)15-26/h4-6,8-14H,2-3,7,16-17H2,1H3,(H3,27,28,31). The molecule has 2 aromatic carbocycles. The van der Waals surface area contributed by atoms with E-state index < -0.39 is 6.03 Å². The Morgan fingerprint density at radius 3 is 2.52 bits per heavy atom. The van der Waals surface area contributed by atoms with Crippen molar-refractivity contribution in [2.45, 2.75) is 39.3 Å². The minimum Gasteiger partial charge on any atom is -0.352 e. The van der Waals surface area contributed by atoms with Crippen LogP contribution < -0.4 is 16.6 Å². The van der Waals surface area contributed by atoms with Crippen LogP contribution in [0.5, 0.6) is 0 Å². The average molecular weight is 415 g/mol. The zero-order chi connectivity index (χ0) is 22.2. The highest BCUT2D eigenvalue weighted by molar-refractivity contribution is 5.71. The molecular formula is C25H26N4O2. The van der Waals surface area contributed by atoms with Crippen molar-refractivity contribution in [3.05, 3.63) is 93.4 Å². The van der Waals surface area contributed by atoms with Gasteiger partial charge < -0.3 is 15.6 Å². The number of hydrogen-bond donors (Lipinski definition) is 2. The van der Waals surface area contributed by atoms with Crippen molar-refractivity contribution in [1.82, 2.24) is 9.88 Å². The number of nitrogens with zero attached hydrogens (tertiary/aromatic N) is 2. The summed E-state index contributed by atoms with van der Waals surface area (Å²) in [6.45, 7) is 2.65. The third-order valence-electron chi connectivity index (χ3n) is 5.24. The van der Waals surface area contributed by atoms with Crippen LogP contribution in [-0.4, -0.2) is 10.6 Å². The highest BCUT2D eigenvalue weighted by atomic mass is 16.2. The number of nitrogens with two attached hydrogens (primary N) is 1. The first-order chi connectivity index (χ1) is 15.0. The van der Waals surface area contributed by atoms with Gasteiger partial charge in [-0.25, -0.2) is 4.79 Å². The molecule has 0 saturated carbocycles. The molecule has 0 radical (unpaired) electrons. The molecular weight excluding hydrogens is 388 g/mol. The van der Waals surface area contributed by atoms with Crippen LogP contribution in [0.25, 0.3) is 11.1 Å². The number of amides is 2. The molecule has 3 aromatic rings. The third kappa shape index (κ3) is 5.40. The van der Waals surface area contributed by atoms with Gasteiger partial charge in [0.2, 0.25) is 0 Å². The molecule has 158 valence electrons. The maximum absolute atomic E-state index is 13.1. The molecule has 3 N–H and O–H groups in total. The smallest absolute Gasteiger partial charge is 0.312 e. The number of benzene rings is 2. The highest BCUT2D eigenvalue weighted by Gasteiger charge is 2.11. The van der Waals surface area contributed by atoms with Crippen molar-refractivity contribution in [2.75, 3.05) is 0 Å². The van der Waals surface area contributed by atoms with Gasteiger partial charge in [-0.2, -0.15) is 5.26 Å². The van der Waals surface area contributed by atoms with E-state index in [1.54, 1.807) is 16.7 Å². The summed E-state index contributed by atoms with van der Waals surface area (Å²) in [5.74, 6) is 0. The summed E-state index contributed by atoms with van der Waals surface area (Å²) in [7, 11) is 0. The Labute approximate surface area is 182 Å². The molecule has 31 heavy (non-hydrogen) atoms. The fraction of sp³-hybridized carbons (Fsp3) is 0.240. The quantitative estimate of drug-likeness (QED) is 0.584. The first-order valence-corrected chi connectivity index (χ1v) is 10.4. The van der Waals surface area contributed by atoms with E-state index in [4.69, 9.17) is 5.73 Å². The Hall–Kier alpha value is -3.85. The van der Waals surface area contributed by atoms with Gasteiger partial charge in [0.05, 0.1) is 18.2 Å². The van der Waals surface area contributed by atoms with E-state index in [0.29, 0.717) is 17.7 Å². The number of hydrogen-bond acceptors (Lipinski definition) is 3. The molecule has 0 bridgehead atoms. The lowest BCUT2D eigenvalue weighted by atomic mass is 9.99. The van der Waals surface area contributed by atoms with Crippen LogP contribution in [0.3, 0.4) is 0 Å². The van der Waals surface area contributed by atoms with Crippen molar-refractivity contribution in [3.8, 4) is 17.2 Å². The number of nitriles is 1. The van der Waals surface area contributed by atoms with Gasteiger partial charge in [-0.3, -0.25) is 4.79 Å². The molecule has 0 saturated heterocycles. The third-order valence-corrected chi connectivity index (χ3v) is 5.24. The van der Waals surface area contributed by atoms with Gasteiger partial charge in [0, 0.05) is 17.8 Å². The van der Waals surface area contributed by atoms with E-state index in [-0.39, 0.29) is 12.1 Å². The summed E-state index contributed by atoms with van der Waals surface area (Å²) < 4.78 is 1.77. The van der Waals surface area contributed by atoms with Crippen molar-refractivity contribution < 1.29 is 4.79 Å². The van der Waals surface area contributed by atoms with Gasteiger partial charge in [0.15, 0.2) is 0 Å². The lowest BCUT2D eigenvalue weighted by Gasteiger charge is -2.15. The summed E-state index contributed by atoms with van der Waals surface area (Å²) in [5.41, 5.74) is 9.95. The molecule has 0 unspecified atom stereocenters. The molecule has 0 aliphatic rings. The molecule has 1 aromatic heterocycles. The number of pyridine rings is 1. The maximum atomic E-state index is 13.1. The van der Waals surface area contributed by atoms with E-state index in [2.05, 4.69) is 18.3 Å². The molecule has 3 rings (SSSR count). The Balaban J connectivity index is 1.91. The Morgan fingerprint density at radius 2 is 1.84 bits per heavy atom. The molecule has 0 aliphatic carbocycles. The number of nitrogens with one attached hydrogen (secondary N) is 1. The number of unbranched alkanes of at least 4 members (excludes halogenated alkanes) is 1. The van der Waals surface area contributed by atoms with Gasteiger partial charge in [-0.05, 0) is 47.7 Å². The minimum atomic E-state index is -0.658. The van der Waals surface area contributed by atoms with Crippen LogP contribution in [0.2, 0.25) is 0 Å². The monoisotopic (exact) mass is 414 g/mol. The minimum absolute atomic E-state index is 0.103. The largest absolute Gasteiger partial charge is 0.352 e. The molecule has 0 fully saturated rings. The fourth-order valence-electron chi connectivity index (χ4n) is 3.53. The number of rotatable bonds is 8. The van der Waals surface area contributed by atoms with Crippen molar-refractivity contribution in [1.29, 1.82) is 5.26 Å². The number of aryl methyl sites for hydroxylation is 1. The zero-order valence-corrected chi connectivity index (χ0v) is 17.6. The van der Waals surface area contributed by atoms with Crippen LogP contribution in [0.15, 0.2) is 65.5 Å². The fourth-order valence-corrected chi connectivity index (χ4v) is 3.53. The van der Waals surface area contributed by atoms with Crippen LogP contribution in [0.4, 0.5) is 4.79 Å². The topological polar surface area (TPSA) is 101 Å². The van der Waals surface area contributed by atoms with E-state index in [1.807, 2.05) is 48.5 Å². The van der Waals surface area contributed by atoms with Crippen LogP contribution in [-0.2, 0) is 19.5 Å². The normalized spacial score (nSPS) is 10.5. The Kier molecular flexibility index (Phi) is 7.23. The lowest BCUT2D eigenvalue weighted by Crippen LogP contribution is -2.34. The van der Waals surface area contributed by atoms with Crippen molar-refractivity contribution in [2.24, 2.45) is 5.73 Å². The van der Waals surface area contributed by atoms with Gasteiger partial charge in [0.1, 0.15) is 0 Å². The predicted molar refractivity (Wildman–Crippen MR) is 121 cm³/mol. The molecule has 0 aliphatic heterocycles. The molecule has 0 spiro atoms. The van der Waals surface area contributed by atoms with Crippen LogP contribution >= 0.6 is 0 Å². The van der Waals surface area contributed by atoms with Gasteiger partial charge in [-0.1, -0.05) is 55.8 Å². The van der Waals surface area contributed by atoms with E-state index >= 15 is 0 Å². The average Bonchev–Trinajstić information content (AvgIpc) is 2.79. The lowest BCUT2D eigenvalue weighted by molar-refractivity contribution is 0.248. The van der Waals surface area contributed by atoms with E-state index in [9.17, 15) is 14.9 Å². The Morgan fingerprint density at radius 1 is 1.10 bits per heavy atom. The van der Waals surface area contributed by atoms with Crippen LogP contribution in [0.1, 0.15) is 42.1 Å². The summed E-state index contributed by atoms with van der Waals surface area (Å²) in [6.07, 6.45) is 2.83. The predicted octanol–water partition coefficient (Wildman–Crippen LogP) is 3.95. The first-order valence-electron chi connectivity index (χ1n) is 10.4. The van der Waals surface area contributed by atoms with Crippen LogP contribution in [0, 0.1) is 11.3 Å². The molecule has 6 nitrogen and oxygen atoms in total. The Bertz CT molecular complexity index is 1160. The van der Waals surface area contributed by atoms with Gasteiger partial charge in [-0.15, -0.1) is 0 Å². The molecule has 6 heteroatoms. The molecule has 2 amide bonds. The molecule has 0 atom stereocenters. The number of urea groups is 1. The first kappa shape index (κ1) is 21.8. The summed E-state index contributed by atoms with van der Waals surface area (Å²) in [5, 5.41) is 11.8. The second-order valence-corrected chi connectivity index (χ2v) is 7.42.